The third-order valence-electron chi connectivity index (χ3n) is 5.17. The number of carbonyl (C=O) groups is 1. The fraction of sp³-hybridized carbons (Fsp3) is 0.474. The highest BCUT2D eigenvalue weighted by Gasteiger charge is 2.40. The predicted octanol–water partition coefficient (Wildman–Crippen LogP) is 2.78. The third-order valence-corrected chi connectivity index (χ3v) is 5.81. The van der Waals surface area contributed by atoms with Crippen LogP contribution in [-0.2, 0) is 11.3 Å². The average molecular weight is 375 g/mol. The van der Waals surface area contributed by atoms with E-state index in [1.807, 2.05) is 15.8 Å². The Hall–Kier alpha value is -1.99. The van der Waals surface area contributed by atoms with Gasteiger partial charge in [0.15, 0.2) is 0 Å². The molecule has 4 heterocycles. The van der Waals surface area contributed by atoms with Gasteiger partial charge in [0, 0.05) is 31.1 Å². The number of halogens is 1. The minimum atomic E-state index is -0.264. The Labute approximate surface area is 156 Å². The van der Waals surface area contributed by atoms with Crippen molar-refractivity contribution in [3.8, 4) is 5.75 Å². The Morgan fingerprint density at radius 2 is 2.08 bits per heavy atom. The topological polar surface area (TPSA) is 45.7 Å². The number of rotatable bonds is 6. The molecule has 1 aromatic heterocycles. The first-order valence-corrected chi connectivity index (χ1v) is 9.91. The van der Waals surface area contributed by atoms with Crippen LogP contribution < -0.4 is 4.74 Å². The molecular formula is C19H22FN3O2S. The molecule has 26 heavy (non-hydrogen) atoms. The van der Waals surface area contributed by atoms with Gasteiger partial charge in [0.05, 0.1) is 23.7 Å². The second-order valence-electron chi connectivity index (χ2n) is 6.94. The lowest BCUT2D eigenvalue weighted by molar-refractivity contribution is -0.140. The molecule has 7 heteroatoms. The van der Waals surface area contributed by atoms with E-state index in [0.29, 0.717) is 18.9 Å². The second kappa shape index (κ2) is 7.72. The van der Waals surface area contributed by atoms with Crippen LogP contribution in [0.25, 0.3) is 0 Å². The van der Waals surface area contributed by atoms with Gasteiger partial charge in [0.1, 0.15) is 18.2 Å². The smallest absolute Gasteiger partial charge is 0.227 e. The number of benzene rings is 1. The molecule has 3 fully saturated rings. The molecule has 0 aliphatic carbocycles. The van der Waals surface area contributed by atoms with Crippen molar-refractivity contribution in [2.75, 3.05) is 26.2 Å². The lowest BCUT2D eigenvalue weighted by atomic mass is 9.94. The molecule has 138 valence electrons. The van der Waals surface area contributed by atoms with Crippen molar-refractivity contribution in [1.29, 1.82) is 0 Å². The summed E-state index contributed by atoms with van der Waals surface area (Å²) >= 11 is 1.57. The average Bonchev–Trinajstić information content (AvgIpc) is 3.02. The van der Waals surface area contributed by atoms with Crippen molar-refractivity contribution >= 4 is 17.2 Å². The van der Waals surface area contributed by atoms with Crippen LogP contribution in [0.2, 0.25) is 0 Å². The van der Waals surface area contributed by atoms with Crippen LogP contribution in [0.15, 0.2) is 35.2 Å². The fourth-order valence-corrected chi connectivity index (χ4v) is 4.38. The van der Waals surface area contributed by atoms with Crippen LogP contribution in [0, 0.1) is 11.7 Å². The Morgan fingerprint density at radius 3 is 2.85 bits per heavy atom. The Bertz CT molecular complexity index is 738. The zero-order valence-electron chi connectivity index (χ0n) is 14.5. The SMILES string of the molecule is O=C1[C@H]2CC[C@H](CN(CCOc3ccc(F)cc3)C2)N1Cc1cscn1. The van der Waals surface area contributed by atoms with Gasteiger partial charge in [-0.2, -0.15) is 0 Å². The summed E-state index contributed by atoms with van der Waals surface area (Å²) in [6.45, 7) is 3.58. The van der Waals surface area contributed by atoms with Crippen LogP contribution in [0.3, 0.4) is 0 Å². The third kappa shape index (κ3) is 3.88. The van der Waals surface area contributed by atoms with E-state index in [0.717, 1.165) is 38.2 Å². The van der Waals surface area contributed by atoms with E-state index in [-0.39, 0.29) is 23.7 Å². The number of hydrogen-bond acceptors (Lipinski definition) is 5. The van der Waals surface area contributed by atoms with Crippen molar-refractivity contribution < 1.29 is 13.9 Å². The molecular weight excluding hydrogens is 353 g/mol. The maximum Gasteiger partial charge on any atom is 0.227 e. The summed E-state index contributed by atoms with van der Waals surface area (Å²) < 4.78 is 18.7. The van der Waals surface area contributed by atoms with Gasteiger partial charge in [-0.1, -0.05) is 0 Å². The van der Waals surface area contributed by atoms with E-state index in [1.165, 1.54) is 12.1 Å². The van der Waals surface area contributed by atoms with Gasteiger partial charge in [0.25, 0.3) is 0 Å². The molecule has 0 radical (unpaired) electrons. The van der Waals surface area contributed by atoms with Gasteiger partial charge in [-0.15, -0.1) is 11.3 Å². The molecule has 0 spiro atoms. The molecule has 3 aliphatic heterocycles. The van der Waals surface area contributed by atoms with Crippen LogP contribution in [0.4, 0.5) is 4.39 Å². The molecule has 3 saturated heterocycles. The summed E-state index contributed by atoms with van der Waals surface area (Å²) in [5, 5.41) is 2.01. The van der Waals surface area contributed by atoms with Crippen LogP contribution in [-0.4, -0.2) is 53.0 Å². The van der Waals surface area contributed by atoms with Gasteiger partial charge in [0.2, 0.25) is 5.91 Å². The van der Waals surface area contributed by atoms with E-state index in [9.17, 15) is 9.18 Å². The Kier molecular flexibility index (Phi) is 5.17. The molecule has 1 aromatic carbocycles. The molecule has 5 rings (SSSR count). The summed E-state index contributed by atoms with van der Waals surface area (Å²) in [4.78, 5) is 21.5. The van der Waals surface area contributed by atoms with Crippen molar-refractivity contribution in [2.24, 2.45) is 5.92 Å². The molecule has 5 nitrogen and oxygen atoms in total. The molecule has 1 amide bonds. The summed E-state index contributed by atoms with van der Waals surface area (Å²) in [6, 6.07) is 6.32. The molecule has 0 N–H and O–H groups in total. The predicted molar refractivity (Wildman–Crippen MR) is 97.5 cm³/mol. The fourth-order valence-electron chi connectivity index (χ4n) is 3.83. The first-order chi connectivity index (χ1) is 12.7. The maximum atomic E-state index is 12.9. The number of fused-ring (bicyclic) bond motifs is 4. The zero-order valence-corrected chi connectivity index (χ0v) is 15.3. The van der Waals surface area contributed by atoms with Crippen molar-refractivity contribution in [2.45, 2.75) is 25.4 Å². The number of hydrogen-bond donors (Lipinski definition) is 0. The maximum absolute atomic E-state index is 12.9. The highest BCUT2D eigenvalue weighted by atomic mass is 32.1. The minimum Gasteiger partial charge on any atom is -0.492 e. The molecule has 2 atom stereocenters. The van der Waals surface area contributed by atoms with E-state index >= 15 is 0 Å². The minimum absolute atomic E-state index is 0.0678. The molecule has 3 aliphatic rings. The number of piperidine rings is 1. The van der Waals surface area contributed by atoms with Crippen molar-refractivity contribution in [3.05, 3.63) is 46.7 Å². The van der Waals surface area contributed by atoms with Gasteiger partial charge < -0.3 is 9.64 Å². The number of thiazole rings is 1. The Morgan fingerprint density at radius 1 is 1.23 bits per heavy atom. The quantitative estimate of drug-likeness (QED) is 0.779. The number of nitrogens with zero attached hydrogens (tertiary/aromatic N) is 3. The Balaban J connectivity index is 1.35. The van der Waals surface area contributed by atoms with Gasteiger partial charge >= 0.3 is 0 Å². The first kappa shape index (κ1) is 17.4. The standard InChI is InChI=1S/C19H22FN3O2S/c20-15-2-5-18(6-3-15)25-8-7-22-9-14-1-4-17(11-22)23(19(14)24)10-16-12-26-13-21-16/h2-3,5-6,12-14,17H,1,4,7-11H2/t14-,17+/m0/s1. The number of amides is 1. The number of carbonyl (C=O) groups excluding carboxylic acids is 1. The molecule has 0 saturated carbocycles. The van der Waals surface area contributed by atoms with E-state index in [4.69, 9.17) is 4.74 Å². The second-order valence-corrected chi connectivity index (χ2v) is 7.65. The monoisotopic (exact) mass is 375 g/mol. The highest BCUT2D eigenvalue weighted by molar-refractivity contribution is 7.07. The summed E-state index contributed by atoms with van der Waals surface area (Å²) in [7, 11) is 0. The largest absolute Gasteiger partial charge is 0.492 e. The summed E-state index contributed by atoms with van der Waals surface area (Å²) in [6.07, 6.45) is 2.02. The summed E-state index contributed by atoms with van der Waals surface area (Å²) in [5.74, 6) is 0.736. The van der Waals surface area contributed by atoms with Crippen LogP contribution >= 0.6 is 11.3 Å². The number of aromatic nitrogens is 1. The van der Waals surface area contributed by atoms with Crippen molar-refractivity contribution in [1.82, 2.24) is 14.8 Å². The first-order valence-electron chi connectivity index (χ1n) is 8.97. The van der Waals surface area contributed by atoms with Gasteiger partial charge in [-0.3, -0.25) is 9.69 Å². The normalized spacial score (nSPS) is 23.3. The van der Waals surface area contributed by atoms with E-state index in [1.54, 1.807) is 23.5 Å². The van der Waals surface area contributed by atoms with Crippen LogP contribution in [0.1, 0.15) is 18.5 Å². The summed E-state index contributed by atoms with van der Waals surface area (Å²) in [5.41, 5.74) is 2.79. The van der Waals surface area contributed by atoms with E-state index in [2.05, 4.69) is 9.88 Å². The zero-order chi connectivity index (χ0) is 17.9. The molecule has 0 unspecified atom stereocenters. The van der Waals surface area contributed by atoms with Gasteiger partial charge in [-0.25, -0.2) is 9.37 Å². The lowest BCUT2D eigenvalue weighted by Gasteiger charge is -2.35. The molecule has 2 aromatic rings. The number of ether oxygens (including phenoxy) is 1. The van der Waals surface area contributed by atoms with E-state index < -0.39 is 0 Å². The van der Waals surface area contributed by atoms with Crippen molar-refractivity contribution in [3.63, 3.8) is 0 Å². The van der Waals surface area contributed by atoms with Gasteiger partial charge in [-0.05, 0) is 37.1 Å². The highest BCUT2D eigenvalue weighted by Crippen LogP contribution is 2.30. The van der Waals surface area contributed by atoms with Crippen LogP contribution in [0.5, 0.6) is 5.75 Å². The molecule has 2 bridgehead atoms. The lowest BCUT2D eigenvalue weighted by Crippen LogP contribution is -2.47.